The van der Waals surface area contributed by atoms with E-state index in [1.54, 1.807) is 12.4 Å². The molecule has 1 unspecified atom stereocenters. The molecular formula is C30H36N10O4S2. The van der Waals surface area contributed by atoms with Gasteiger partial charge in [0.1, 0.15) is 16.2 Å². The normalized spacial score (nSPS) is 21.0. The fourth-order valence-electron chi connectivity index (χ4n) is 6.13. The maximum absolute atomic E-state index is 12.8. The average molecular weight is 665 g/mol. The van der Waals surface area contributed by atoms with Crippen molar-refractivity contribution in [1.29, 1.82) is 0 Å². The zero-order chi connectivity index (χ0) is 31.6. The zero-order valence-corrected chi connectivity index (χ0v) is 26.7. The summed E-state index contributed by atoms with van der Waals surface area (Å²) in [4.78, 5) is 25.6. The number of carbonyl (C=O) groups is 1. The second-order valence-corrected chi connectivity index (χ2v) is 14.2. The topological polar surface area (TPSA) is 186 Å². The van der Waals surface area contributed by atoms with Gasteiger partial charge in [-0.2, -0.15) is 0 Å². The molecule has 4 aromatic heterocycles. The highest BCUT2D eigenvalue weighted by Crippen LogP contribution is 2.43. The molecule has 14 nitrogen and oxygen atoms in total. The highest BCUT2D eigenvalue weighted by molar-refractivity contribution is 7.15. The van der Waals surface area contributed by atoms with Gasteiger partial charge in [-0.15, -0.1) is 20.4 Å². The van der Waals surface area contributed by atoms with Gasteiger partial charge in [-0.25, -0.2) is 0 Å². The van der Waals surface area contributed by atoms with Crippen LogP contribution in [0.25, 0.3) is 0 Å². The molecule has 16 heteroatoms. The first-order valence-corrected chi connectivity index (χ1v) is 17.1. The van der Waals surface area contributed by atoms with E-state index in [0.717, 1.165) is 52.8 Å². The summed E-state index contributed by atoms with van der Waals surface area (Å²) in [5.74, 6) is 0.235. The molecule has 4 aromatic rings. The van der Waals surface area contributed by atoms with E-state index < -0.39 is 6.23 Å². The highest BCUT2D eigenvalue weighted by Gasteiger charge is 2.30. The molecule has 1 saturated carbocycles. The van der Waals surface area contributed by atoms with Crippen LogP contribution in [0.4, 0.5) is 21.6 Å². The van der Waals surface area contributed by atoms with Crippen LogP contribution in [0.3, 0.4) is 0 Å². The van der Waals surface area contributed by atoms with Gasteiger partial charge in [0, 0.05) is 73.9 Å². The molecule has 6 heterocycles. The molecular weight excluding hydrogens is 629 g/mol. The molecule has 2 saturated heterocycles. The number of pyridine rings is 2. The number of aromatic nitrogens is 6. The van der Waals surface area contributed by atoms with Gasteiger partial charge in [0.2, 0.25) is 16.2 Å². The fraction of sp³-hybridized carbons (Fsp3) is 0.500. The smallest absolute Gasteiger partial charge is 0.232 e. The highest BCUT2D eigenvalue weighted by atomic mass is 32.1. The lowest BCUT2D eigenvalue weighted by atomic mass is 9.82. The summed E-state index contributed by atoms with van der Waals surface area (Å²) in [6, 6.07) is 7.60. The van der Waals surface area contributed by atoms with Crippen LogP contribution in [0.15, 0.2) is 36.7 Å². The maximum atomic E-state index is 12.8. The van der Waals surface area contributed by atoms with Crippen molar-refractivity contribution in [3.63, 3.8) is 0 Å². The van der Waals surface area contributed by atoms with Gasteiger partial charge in [0.25, 0.3) is 0 Å². The lowest BCUT2D eigenvalue weighted by Crippen LogP contribution is -2.50. The second-order valence-electron chi connectivity index (χ2n) is 12.2. The summed E-state index contributed by atoms with van der Waals surface area (Å²) >= 11 is 2.87. The van der Waals surface area contributed by atoms with Crippen molar-refractivity contribution in [1.82, 2.24) is 30.4 Å². The monoisotopic (exact) mass is 664 g/mol. The molecule has 2 aliphatic heterocycles. The number of hydrogen-bond donors (Lipinski definition) is 5. The van der Waals surface area contributed by atoms with Gasteiger partial charge in [0.05, 0.1) is 24.3 Å². The first-order valence-electron chi connectivity index (χ1n) is 15.5. The Kier molecular flexibility index (Phi) is 9.04. The van der Waals surface area contributed by atoms with Gasteiger partial charge in [0.15, 0.2) is 0 Å². The number of rotatable bonds is 11. The van der Waals surface area contributed by atoms with E-state index in [0.29, 0.717) is 48.6 Å². The number of carbonyl (C=O) groups excluding carboxylic acids is 1. The van der Waals surface area contributed by atoms with Crippen molar-refractivity contribution in [2.45, 2.75) is 68.8 Å². The van der Waals surface area contributed by atoms with Gasteiger partial charge in [-0.3, -0.25) is 14.8 Å². The van der Waals surface area contributed by atoms with E-state index in [1.807, 2.05) is 29.2 Å². The van der Waals surface area contributed by atoms with Gasteiger partial charge in [-0.1, -0.05) is 29.1 Å². The molecule has 242 valence electrons. The lowest BCUT2D eigenvalue weighted by molar-refractivity contribution is -0.115. The molecule has 46 heavy (non-hydrogen) atoms. The Morgan fingerprint density at radius 3 is 2.04 bits per heavy atom. The Balaban J connectivity index is 0.902. The van der Waals surface area contributed by atoms with E-state index in [2.05, 4.69) is 45.9 Å². The third-order valence-electron chi connectivity index (χ3n) is 8.59. The van der Waals surface area contributed by atoms with E-state index in [4.69, 9.17) is 0 Å². The number of β-amino-alcohol motifs (C(OH)–C–C–N with tert-alkyl or cyclic N) is 2. The van der Waals surface area contributed by atoms with Crippen LogP contribution in [0, 0.1) is 0 Å². The van der Waals surface area contributed by atoms with Crippen molar-refractivity contribution in [3.8, 4) is 0 Å². The molecule has 7 rings (SSSR count). The minimum atomic E-state index is -0.867. The maximum Gasteiger partial charge on any atom is 0.232 e. The van der Waals surface area contributed by atoms with Crippen LogP contribution in [-0.2, 0) is 17.6 Å². The van der Waals surface area contributed by atoms with Crippen molar-refractivity contribution < 1.29 is 20.1 Å². The summed E-state index contributed by atoms with van der Waals surface area (Å²) in [6.07, 6.45) is 6.26. The van der Waals surface area contributed by atoms with E-state index >= 15 is 0 Å². The second kappa shape index (κ2) is 13.5. The van der Waals surface area contributed by atoms with Crippen LogP contribution in [0.1, 0.15) is 58.9 Å². The number of amides is 1. The Labute approximate surface area is 273 Å². The van der Waals surface area contributed by atoms with Crippen LogP contribution in [0.2, 0.25) is 0 Å². The Hall–Kier alpha value is -3.83. The lowest BCUT2D eigenvalue weighted by Gasteiger charge is -2.37. The third-order valence-corrected chi connectivity index (χ3v) is 10.6. The minimum Gasteiger partial charge on any atom is -0.389 e. The molecule has 0 radical (unpaired) electrons. The Morgan fingerprint density at radius 1 is 0.848 bits per heavy atom. The van der Waals surface area contributed by atoms with E-state index in [1.165, 1.54) is 22.7 Å². The predicted octanol–water partition coefficient (Wildman–Crippen LogP) is 2.14. The number of aliphatic hydroxyl groups is 3. The quantitative estimate of drug-likeness (QED) is 0.147. The molecule has 1 aliphatic carbocycles. The van der Waals surface area contributed by atoms with Crippen molar-refractivity contribution in [2.75, 3.05) is 46.6 Å². The summed E-state index contributed by atoms with van der Waals surface area (Å²) in [5.41, 5.74) is 3.34. The van der Waals surface area contributed by atoms with Crippen LogP contribution in [-0.4, -0.2) is 96.2 Å². The van der Waals surface area contributed by atoms with E-state index in [-0.39, 0.29) is 36.4 Å². The number of aliphatic hydroxyl groups excluding tert-OH is 3. The van der Waals surface area contributed by atoms with Crippen molar-refractivity contribution >= 4 is 50.2 Å². The van der Waals surface area contributed by atoms with Gasteiger partial charge >= 0.3 is 0 Å². The molecule has 3 atom stereocenters. The molecule has 3 fully saturated rings. The SMILES string of the molecule is O=C(Cc1cc(N2CC(O)C2)ccn1)Nc1nnc([C@H]2CCC[C@H](c3nnc(NC(O)Cc4cc(N5CC(O)C5)ccn4)s3)C2)s1. The molecule has 0 spiro atoms. The summed E-state index contributed by atoms with van der Waals surface area (Å²) < 4.78 is 0. The van der Waals surface area contributed by atoms with Crippen molar-refractivity contribution in [2.24, 2.45) is 0 Å². The number of nitrogens with zero attached hydrogens (tertiary/aromatic N) is 8. The van der Waals surface area contributed by atoms with Gasteiger partial charge in [-0.05, 0) is 43.5 Å². The minimum absolute atomic E-state index is 0.124. The first-order chi connectivity index (χ1) is 22.3. The Morgan fingerprint density at radius 2 is 1.41 bits per heavy atom. The zero-order valence-electron chi connectivity index (χ0n) is 25.1. The van der Waals surface area contributed by atoms with E-state index in [9.17, 15) is 20.1 Å². The van der Waals surface area contributed by atoms with Crippen molar-refractivity contribution in [3.05, 3.63) is 58.1 Å². The van der Waals surface area contributed by atoms with Gasteiger partial charge < -0.3 is 35.8 Å². The molecule has 1 amide bonds. The molecule has 3 aliphatic rings. The number of hydrogen-bond acceptors (Lipinski definition) is 15. The largest absolute Gasteiger partial charge is 0.389 e. The Bertz CT molecular complexity index is 1660. The van der Waals surface area contributed by atoms with Crippen LogP contribution >= 0.6 is 22.7 Å². The third kappa shape index (κ3) is 7.25. The number of anilines is 4. The fourth-order valence-corrected chi connectivity index (χ4v) is 7.97. The van der Waals surface area contributed by atoms with Crippen LogP contribution < -0.4 is 20.4 Å². The summed E-state index contributed by atoms with van der Waals surface area (Å²) in [7, 11) is 0. The standard InChI is InChI=1S/C30H36N10O4S2/c41-23-13-39(14-23)21-4-6-31-19(9-21)11-25(43)33-29-37-35-27(45-29)17-2-1-3-18(8-17)28-36-38-30(46-28)34-26(44)12-20-10-22(5-7-32-20)40-15-24(42)16-40/h4-7,9-10,17-18,23-25,41-43H,1-3,8,11-16H2,(H,33,37)(H,34,38,44)/t17-,18-,25?/m0/s1. The van der Waals surface area contributed by atoms with Crippen LogP contribution in [0.5, 0.6) is 0 Å². The molecule has 5 N–H and O–H groups in total. The summed E-state index contributed by atoms with van der Waals surface area (Å²) in [6.45, 7) is 2.39. The molecule has 0 aromatic carbocycles. The first kappa shape index (κ1) is 30.8. The number of nitrogens with one attached hydrogen (secondary N) is 2. The summed E-state index contributed by atoms with van der Waals surface area (Å²) in [5, 5.41) is 56.0. The molecule has 0 bridgehead atoms. The predicted molar refractivity (Wildman–Crippen MR) is 174 cm³/mol. The average Bonchev–Trinajstić information content (AvgIpc) is 3.68.